The molecule has 0 saturated carbocycles. The largest absolute Gasteiger partial charge is 0.497 e. The lowest BCUT2D eigenvalue weighted by Crippen LogP contribution is -2.49. The summed E-state index contributed by atoms with van der Waals surface area (Å²) in [6.07, 6.45) is 1.58. The number of carbonyl (C=O) groups excluding carboxylic acids is 2. The molecule has 1 aromatic heterocycles. The maximum atomic E-state index is 13.7. The summed E-state index contributed by atoms with van der Waals surface area (Å²) in [5, 5.41) is 2.07. The smallest absolute Gasteiger partial charge is 0.254 e. The highest BCUT2D eigenvalue weighted by atomic mass is 32.1. The number of rotatable bonds is 9. The Morgan fingerprint density at radius 3 is 2.63 bits per heavy atom. The van der Waals surface area contributed by atoms with E-state index in [9.17, 15) is 9.59 Å². The van der Waals surface area contributed by atoms with E-state index in [1.165, 1.54) is 4.88 Å². The highest BCUT2D eigenvalue weighted by molar-refractivity contribution is 7.10. The lowest BCUT2D eigenvalue weighted by molar-refractivity contribution is -0.136. The summed E-state index contributed by atoms with van der Waals surface area (Å²) >= 11 is 1.72. The van der Waals surface area contributed by atoms with Crippen molar-refractivity contribution in [3.63, 3.8) is 0 Å². The quantitative estimate of drug-likeness (QED) is 0.412. The third-order valence-corrected chi connectivity index (χ3v) is 7.57. The number of nitrogens with zero attached hydrogens (tertiary/aromatic N) is 2. The Morgan fingerprint density at radius 1 is 1.11 bits per heavy atom. The Labute approximate surface area is 211 Å². The molecule has 184 valence electrons. The van der Waals surface area contributed by atoms with Crippen LogP contribution in [-0.2, 0) is 11.2 Å². The molecular weight excluding hydrogens is 460 g/mol. The van der Waals surface area contributed by atoms with E-state index >= 15 is 0 Å². The molecule has 0 bridgehead atoms. The van der Waals surface area contributed by atoms with Gasteiger partial charge in [0.25, 0.3) is 5.91 Å². The normalized spacial score (nSPS) is 15.7. The molecule has 1 aliphatic rings. The maximum Gasteiger partial charge on any atom is 0.254 e. The number of thiophene rings is 1. The first-order chi connectivity index (χ1) is 17.0. The lowest BCUT2D eigenvalue weighted by Gasteiger charge is -2.38. The molecule has 4 rings (SSSR count). The van der Waals surface area contributed by atoms with Crippen molar-refractivity contribution in [2.45, 2.75) is 38.8 Å². The number of hydrogen-bond acceptors (Lipinski definition) is 5. The first-order valence-electron chi connectivity index (χ1n) is 12.0. The average Bonchev–Trinajstić information content (AvgIpc) is 3.39. The van der Waals surface area contributed by atoms with Crippen LogP contribution in [0.5, 0.6) is 11.5 Å². The van der Waals surface area contributed by atoms with Crippen molar-refractivity contribution in [3.8, 4) is 11.5 Å². The fourth-order valence-corrected chi connectivity index (χ4v) is 5.30. The molecule has 7 heteroatoms. The van der Waals surface area contributed by atoms with E-state index in [0.29, 0.717) is 24.5 Å². The average molecular weight is 493 g/mol. The Bertz CT molecular complexity index is 1150. The molecule has 0 spiro atoms. The number of amides is 2. The van der Waals surface area contributed by atoms with Crippen molar-refractivity contribution in [2.24, 2.45) is 0 Å². The van der Waals surface area contributed by atoms with Gasteiger partial charge in [-0.15, -0.1) is 11.3 Å². The Morgan fingerprint density at radius 2 is 1.89 bits per heavy atom. The third-order valence-electron chi connectivity index (χ3n) is 6.57. The third kappa shape index (κ3) is 5.68. The second kappa shape index (κ2) is 11.4. The minimum absolute atomic E-state index is 0.0395. The molecule has 3 aromatic rings. The molecular formula is C28H32N2O4S. The van der Waals surface area contributed by atoms with Crippen LogP contribution in [0.1, 0.15) is 47.1 Å². The van der Waals surface area contributed by atoms with Gasteiger partial charge in [-0.3, -0.25) is 9.59 Å². The van der Waals surface area contributed by atoms with Gasteiger partial charge in [0.05, 0.1) is 13.2 Å². The molecule has 6 nitrogen and oxygen atoms in total. The number of hydrogen-bond donors (Lipinski definition) is 0. The molecule has 2 amide bonds. The molecule has 1 aliphatic heterocycles. The fraction of sp³-hybridized carbons (Fsp3) is 0.357. The molecule has 0 aliphatic carbocycles. The zero-order valence-corrected chi connectivity index (χ0v) is 21.3. The lowest BCUT2D eigenvalue weighted by atomic mass is 10.00. The van der Waals surface area contributed by atoms with E-state index < -0.39 is 0 Å². The molecule has 0 unspecified atom stereocenters. The summed E-state index contributed by atoms with van der Waals surface area (Å²) in [5.41, 5.74) is 1.72. The molecule has 2 heterocycles. The first-order valence-corrected chi connectivity index (χ1v) is 12.9. The molecule has 2 aromatic carbocycles. The summed E-state index contributed by atoms with van der Waals surface area (Å²) in [6.45, 7) is 5.00. The summed E-state index contributed by atoms with van der Waals surface area (Å²) in [4.78, 5) is 31.8. The minimum Gasteiger partial charge on any atom is -0.497 e. The predicted octanol–water partition coefficient (Wildman–Crippen LogP) is 5.20. The number of carbonyl (C=O) groups is 2. The van der Waals surface area contributed by atoms with Gasteiger partial charge in [0.1, 0.15) is 24.7 Å². The van der Waals surface area contributed by atoms with Gasteiger partial charge in [-0.05, 0) is 61.0 Å². The van der Waals surface area contributed by atoms with Gasteiger partial charge in [-0.1, -0.05) is 31.2 Å². The molecule has 0 fully saturated rings. The standard InChI is InChI=1S/C28H32N2O4S/c1-4-20(2)30(28(32)21-9-6-5-7-10-21)18-27(31)29-15-13-26-24(14-16-35-26)25(29)19-34-23-12-8-11-22(17-23)33-3/h5-12,14,16-17,20,25H,4,13,15,18-19H2,1-3H3/t20-,25+/m1/s1. The summed E-state index contributed by atoms with van der Waals surface area (Å²) in [5.74, 6) is 1.23. The van der Waals surface area contributed by atoms with E-state index in [0.717, 1.165) is 24.2 Å². The van der Waals surface area contributed by atoms with Crippen LogP contribution >= 0.6 is 11.3 Å². The van der Waals surface area contributed by atoms with Crippen LogP contribution in [-0.4, -0.2) is 54.5 Å². The van der Waals surface area contributed by atoms with Crippen LogP contribution in [0.15, 0.2) is 66.0 Å². The number of fused-ring (bicyclic) bond motifs is 1. The summed E-state index contributed by atoms with van der Waals surface area (Å²) < 4.78 is 11.4. The van der Waals surface area contributed by atoms with Gasteiger partial charge in [-0.2, -0.15) is 0 Å². The van der Waals surface area contributed by atoms with E-state index in [1.807, 2.05) is 61.2 Å². The van der Waals surface area contributed by atoms with Crippen LogP contribution in [0.25, 0.3) is 0 Å². The van der Waals surface area contributed by atoms with Crippen LogP contribution in [0.4, 0.5) is 0 Å². The fourth-order valence-electron chi connectivity index (χ4n) is 4.37. The van der Waals surface area contributed by atoms with Crippen LogP contribution in [0.3, 0.4) is 0 Å². The Balaban J connectivity index is 1.54. The van der Waals surface area contributed by atoms with Gasteiger partial charge in [-0.25, -0.2) is 0 Å². The van der Waals surface area contributed by atoms with Gasteiger partial charge in [0, 0.05) is 29.1 Å². The van der Waals surface area contributed by atoms with Crippen molar-refractivity contribution < 1.29 is 19.1 Å². The van der Waals surface area contributed by atoms with E-state index in [2.05, 4.69) is 11.4 Å². The highest BCUT2D eigenvalue weighted by Gasteiger charge is 2.34. The van der Waals surface area contributed by atoms with Gasteiger partial charge in [0.2, 0.25) is 5.91 Å². The van der Waals surface area contributed by atoms with Crippen molar-refractivity contribution >= 4 is 23.2 Å². The van der Waals surface area contributed by atoms with E-state index in [1.54, 1.807) is 35.5 Å². The SMILES string of the molecule is CC[C@@H](C)N(CC(=O)N1CCc2sccc2[C@@H]1COc1cccc(OC)c1)C(=O)c1ccccc1. The summed E-state index contributed by atoms with van der Waals surface area (Å²) in [7, 11) is 1.62. The molecule has 0 saturated heterocycles. The monoisotopic (exact) mass is 492 g/mol. The number of methoxy groups -OCH3 is 1. The zero-order chi connectivity index (χ0) is 24.8. The second-order valence-corrected chi connectivity index (χ2v) is 9.70. The van der Waals surface area contributed by atoms with Gasteiger partial charge >= 0.3 is 0 Å². The van der Waals surface area contributed by atoms with Crippen LogP contribution in [0, 0.1) is 0 Å². The Kier molecular flexibility index (Phi) is 8.08. The first kappa shape index (κ1) is 24.8. The van der Waals surface area contributed by atoms with Crippen molar-refractivity contribution in [2.75, 3.05) is 26.8 Å². The minimum atomic E-state index is -0.214. The van der Waals surface area contributed by atoms with Crippen LogP contribution in [0.2, 0.25) is 0 Å². The summed E-state index contributed by atoms with van der Waals surface area (Å²) in [6, 6.07) is 18.5. The molecule has 0 N–H and O–H groups in total. The predicted molar refractivity (Wildman–Crippen MR) is 138 cm³/mol. The van der Waals surface area contributed by atoms with Crippen molar-refractivity contribution in [3.05, 3.63) is 82.0 Å². The molecule has 0 radical (unpaired) electrons. The van der Waals surface area contributed by atoms with E-state index in [4.69, 9.17) is 9.47 Å². The van der Waals surface area contributed by atoms with Crippen LogP contribution < -0.4 is 9.47 Å². The molecule has 2 atom stereocenters. The Hall–Kier alpha value is -3.32. The highest BCUT2D eigenvalue weighted by Crippen LogP contribution is 2.34. The van der Waals surface area contributed by atoms with Gasteiger partial charge < -0.3 is 19.3 Å². The topological polar surface area (TPSA) is 59.1 Å². The maximum absolute atomic E-state index is 13.7. The second-order valence-electron chi connectivity index (χ2n) is 8.70. The molecule has 35 heavy (non-hydrogen) atoms. The van der Waals surface area contributed by atoms with Gasteiger partial charge in [0.15, 0.2) is 0 Å². The zero-order valence-electron chi connectivity index (χ0n) is 20.5. The van der Waals surface area contributed by atoms with Crippen molar-refractivity contribution in [1.82, 2.24) is 9.80 Å². The van der Waals surface area contributed by atoms with Crippen molar-refractivity contribution in [1.29, 1.82) is 0 Å². The van der Waals surface area contributed by atoms with E-state index in [-0.39, 0.29) is 30.4 Å². The number of ether oxygens (including phenoxy) is 2. The number of benzene rings is 2.